The fourth-order valence-electron chi connectivity index (χ4n) is 1.65. The number of thioether (sulfide) groups is 1. The molecular weight excluding hydrogens is 246 g/mol. The SMILES string of the molecule is CCOC(CCSc1ccc(C)cc1N)OCC. The van der Waals surface area contributed by atoms with Gasteiger partial charge in [0.2, 0.25) is 0 Å². The quantitative estimate of drug-likeness (QED) is 0.446. The van der Waals surface area contributed by atoms with Gasteiger partial charge in [-0.1, -0.05) is 6.07 Å². The summed E-state index contributed by atoms with van der Waals surface area (Å²) in [6.07, 6.45) is 0.777. The van der Waals surface area contributed by atoms with Crippen LogP contribution in [0.2, 0.25) is 0 Å². The average Bonchev–Trinajstić information content (AvgIpc) is 2.32. The van der Waals surface area contributed by atoms with E-state index in [1.54, 1.807) is 11.8 Å². The van der Waals surface area contributed by atoms with Crippen molar-refractivity contribution in [1.82, 2.24) is 0 Å². The molecule has 0 aliphatic rings. The Kier molecular flexibility index (Phi) is 7.16. The Morgan fingerprint density at radius 1 is 1.22 bits per heavy atom. The maximum absolute atomic E-state index is 5.97. The minimum Gasteiger partial charge on any atom is -0.398 e. The highest BCUT2D eigenvalue weighted by Crippen LogP contribution is 2.26. The number of aryl methyl sites for hydroxylation is 1. The molecule has 0 bridgehead atoms. The summed E-state index contributed by atoms with van der Waals surface area (Å²) < 4.78 is 11.0. The van der Waals surface area contributed by atoms with E-state index in [2.05, 4.69) is 12.1 Å². The Hall–Kier alpha value is -0.710. The van der Waals surface area contributed by atoms with Crippen LogP contribution in [-0.2, 0) is 9.47 Å². The molecule has 1 aromatic rings. The number of ether oxygens (including phenoxy) is 2. The largest absolute Gasteiger partial charge is 0.398 e. The topological polar surface area (TPSA) is 44.5 Å². The summed E-state index contributed by atoms with van der Waals surface area (Å²) in [7, 11) is 0. The van der Waals surface area contributed by atoms with Crippen LogP contribution in [0.5, 0.6) is 0 Å². The molecule has 0 spiro atoms. The fourth-order valence-corrected chi connectivity index (χ4v) is 2.57. The van der Waals surface area contributed by atoms with Crippen LogP contribution < -0.4 is 5.73 Å². The first-order valence-electron chi connectivity index (χ1n) is 6.39. The van der Waals surface area contributed by atoms with Gasteiger partial charge in [-0.2, -0.15) is 0 Å². The van der Waals surface area contributed by atoms with E-state index < -0.39 is 0 Å². The van der Waals surface area contributed by atoms with E-state index in [1.807, 2.05) is 26.8 Å². The van der Waals surface area contributed by atoms with Gasteiger partial charge in [0.25, 0.3) is 0 Å². The number of hydrogen-bond acceptors (Lipinski definition) is 4. The molecule has 0 aliphatic heterocycles. The minimum atomic E-state index is -0.0980. The van der Waals surface area contributed by atoms with Crippen molar-refractivity contribution < 1.29 is 9.47 Å². The molecule has 18 heavy (non-hydrogen) atoms. The van der Waals surface area contributed by atoms with Crippen molar-refractivity contribution in [1.29, 1.82) is 0 Å². The molecule has 4 heteroatoms. The van der Waals surface area contributed by atoms with Gasteiger partial charge < -0.3 is 15.2 Å². The maximum atomic E-state index is 5.97. The van der Waals surface area contributed by atoms with Gasteiger partial charge in [-0.15, -0.1) is 11.8 Å². The molecule has 3 nitrogen and oxygen atoms in total. The summed E-state index contributed by atoms with van der Waals surface area (Å²) in [6.45, 7) is 7.38. The van der Waals surface area contributed by atoms with Crippen molar-refractivity contribution >= 4 is 17.4 Å². The summed E-state index contributed by atoms with van der Waals surface area (Å²) in [6, 6.07) is 6.16. The summed E-state index contributed by atoms with van der Waals surface area (Å²) >= 11 is 1.75. The molecule has 0 atom stereocenters. The zero-order chi connectivity index (χ0) is 13.4. The first-order valence-corrected chi connectivity index (χ1v) is 7.38. The average molecular weight is 269 g/mol. The van der Waals surface area contributed by atoms with Gasteiger partial charge in [0.15, 0.2) is 6.29 Å². The molecule has 1 aromatic carbocycles. The molecule has 102 valence electrons. The Morgan fingerprint density at radius 2 is 1.89 bits per heavy atom. The lowest BCUT2D eigenvalue weighted by Gasteiger charge is -2.16. The van der Waals surface area contributed by atoms with Crippen LogP contribution >= 0.6 is 11.8 Å². The van der Waals surface area contributed by atoms with Crippen LogP contribution in [0.1, 0.15) is 25.8 Å². The third kappa shape index (κ3) is 5.29. The second-order valence-corrected chi connectivity index (χ2v) is 5.16. The van der Waals surface area contributed by atoms with E-state index in [9.17, 15) is 0 Å². The Morgan fingerprint density at radius 3 is 2.44 bits per heavy atom. The Balaban J connectivity index is 2.39. The number of hydrogen-bond donors (Lipinski definition) is 1. The number of rotatable bonds is 8. The minimum absolute atomic E-state index is 0.0980. The zero-order valence-corrected chi connectivity index (χ0v) is 12.3. The predicted octanol–water partition coefficient (Wildman–Crippen LogP) is 3.46. The number of anilines is 1. The number of benzene rings is 1. The molecule has 0 aliphatic carbocycles. The molecule has 0 unspecified atom stereocenters. The molecular formula is C14H23NO2S. The molecule has 0 aromatic heterocycles. The number of nitrogen functional groups attached to an aromatic ring is 1. The molecule has 2 N–H and O–H groups in total. The van der Waals surface area contributed by atoms with Crippen LogP contribution in [0, 0.1) is 6.92 Å². The summed E-state index contributed by atoms with van der Waals surface area (Å²) in [5.74, 6) is 0.942. The third-order valence-corrected chi connectivity index (χ3v) is 3.60. The first-order chi connectivity index (χ1) is 8.67. The summed E-state index contributed by atoms with van der Waals surface area (Å²) in [4.78, 5) is 1.13. The third-order valence-electron chi connectivity index (χ3n) is 2.48. The maximum Gasteiger partial charge on any atom is 0.158 e. The van der Waals surface area contributed by atoms with Gasteiger partial charge in [0.05, 0.1) is 0 Å². The second-order valence-electron chi connectivity index (χ2n) is 4.02. The van der Waals surface area contributed by atoms with Crippen molar-refractivity contribution in [3.8, 4) is 0 Å². The Bertz CT molecular complexity index is 352. The molecule has 0 amide bonds. The van der Waals surface area contributed by atoms with Crippen molar-refractivity contribution in [3.63, 3.8) is 0 Å². The van der Waals surface area contributed by atoms with E-state index in [0.29, 0.717) is 13.2 Å². The highest BCUT2D eigenvalue weighted by Gasteiger charge is 2.08. The monoisotopic (exact) mass is 269 g/mol. The van der Waals surface area contributed by atoms with E-state index in [-0.39, 0.29) is 6.29 Å². The molecule has 0 saturated heterocycles. The lowest BCUT2D eigenvalue weighted by atomic mass is 10.2. The van der Waals surface area contributed by atoms with Crippen molar-refractivity contribution in [2.45, 2.75) is 38.4 Å². The highest BCUT2D eigenvalue weighted by molar-refractivity contribution is 7.99. The van der Waals surface area contributed by atoms with Crippen LogP contribution in [-0.4, -0.2) is 25.3 Å². The second kappa shape index (κ2) is 8.40. The normalized spacial score (nSPS) is 11.1. The van der Waals surface area contributed by atoms with E-state index in [0.717, 1.165) is 22.8 Å². The summed E-state index contributed by atoms with van der Waals surface area (Å²) in [5, 5.41) is 0. The molecule has 0 saturated carbocycles. The molecule has 0 fully saturated rings. The zero-order valence-electron chi connectivity index (χ0n) is 11.4. The number of nitrogens with two attached hydrogens (primary N) is 1. The van der Waals surface area contributed by atoms with Gasteiger partial charge in [-0.3, -0.25) is 0 Å². The summed E-state index contributed by atoms with van der Waals surface area (Å²) in [5.41, 5.74) is 8.02. The van der Waals surface area contributed by atoms with E-state index in [4.69, 9.17) is 15.2 Å². The van der Waals surface area contributed by atoms with Gasteiger partial charge in [0, 0.05) is 36.0 Å². The van der Waals surface area contributed by atoms with E-state index in [1.165, 1.54) is 5.56 Å². The van der Waals surface area contributed by atoms with Crippen molar-refractivity contribution in [2.75, 3.05) is 24.7 Å². The Labute approximate surface area is 114 Å². The lowest BCUT2D eigenvalue weighted by molar-refractivity contribution is -0.136. The van der Waals surface area contributed by atoms with Gasteiger partial charge in [0.1, 0.15) is 0 Å². The van der Waals surface area contributed by atoms with Gasteiger partial charge in [-0.05, 0) is 38.5 Å². The van der Waals surface area contributed by atoms with Gasteiger partial charge in [-0.25, -0.2) is 0 Å². The molecule has 1 rings (SSSR count). The van der Waals surface area contributed by atoms with Crippen LogP contribution in [0.15, 0.2) is 23.1 Å². The van der Waals surface area contributed by atoms with Crippen molar-refractivity contribution in [3.05, 3.63) is 23.8 Å². The first kappa shape index (κ1) is 15.3. The highest BCUT2D eigenvalue weighted by atomic mass is 32.2. The smallest absolute Gasteiger partial charge is 0.158 e. The standard InChI is InChI=1S/C14H23NO2S/c1-4-16-14(17-5-2)8-9-18-13-7-6-11(3)10-12(13)15/h6-7,10,14H,4-5,8-9,15H2,1-3H3. The molecule has 0 heterocycles. The van der Waals surface area contributed by atoms with Gasteiger partial charge >= 0.3 is 0 Å². The van der Waals surface area contributed by atoms with Crippen LogP contribution in [0.25, 0.3) is 0 Å². The van der Waals surface area contributed by atoms with E-state index >= 15 is 0 Å². The van der Waals surface area contributed by atoms with Crippen LogP contribution in [0.4, 0.5) is 5.69 Å². The van der Waals surface area contributed by atoms with Crippen LogP contribution in [0.3, 0.4) is 0 Å². The van der Waals surface area contributed by atoms with Crippen molar-refractivity contribution in [2.24, 2.45) is 0 Å². The fraction of sp³-hybridized carbons (Fsp3) is 0.571. The lowest BCUT2D eigenvalue weighted by Crippen LogP contribution is -2.18. The molecule has 0 radical (unpaired) electrons. The predicted molar refractivity (Wildman–Crippen MR) is 78.0 cm³/mol.